The van der Waals surface area contributed by atoms with Gasteiger partial charge in [0, 0.05) is 25.2 Å². The maximum Gasteiger partial charge on any atom is 0.254 e. The predicted molar refractivity (Wildman–Crippen MR) is 70.4 cm³/mol. The van der Waals surface area contributed by atoms with Crippen molar-refractivity contribution >= 4 is 5.91 Å². The highest BCUT2D eigenvalue weighted by Gasteiger charge is 2.35. The van der Waals surface area contributed by atoms with Crippen LogP contribution in [0, 0.1) is 0 Å². The number of nitrogens with two attached hydrogens (primary N) is 1. The zero-order chi connectivity index (χ0) is 13.2. The SMILES string of the molecule is CC1(C)CN(C(=O)c2ccccc2)CC(CN)O1. The first kappa shape index (κ1) is 13.1. The fraction of sp³-hybridized carbons (Fsp3) is 0.500. The Bertz CT molecular complexity index is 417. The van der Waals surface area contributed by atoms with Crippen molar-refractivity contribution in [3.8, 4) is 0 Å². The van der Waals surface area contributed by atoms with E-state index in [1.54, 1.807) is 0 Å². The van der Waals surface area contributed by atoms with E-state index in [4.69, 9.17) is 10.5 Å². The van der Waals surface area contributed by atoms with Gasteiger partial charge in [0.15, 0.2) is 0 Å². The van der Waals surface area contributed by atoms with Crippen molar-refractivity contribution in [2.75, 3.05) is 19.6 Å². The zero-order valence-corrected chi connectivity index (χ0v) is 10.9. The van der Waals surface area contributed by atoms with E-state index >= 15 is 0 Å². The molecule has 0 aliphatic carbocycles. The van der Waals surface area contributed by atoms with Gasteiger partial charge >= 0.3 is 0 Å². The lowest BCUT2D eigenvalue weighted by Crippen LogP contribution is -2.56. The summed E-state index contributed by atoms with van der Waals surface area (Å²) >= 11 is 0. The van der Waals surface area contributed by atoms with Gasteiger partial charge in [-0.1, -0.05) is 18.2 Å². The van der Waals surface area contributed by atoms with Gasteiger partial charge in [-0.15, -0.1) is 0 Å². The Morgan fingerprint density at radius 2 is 2.11 bits per heavy atom. The standard InChI is InChI=1S/C14H20N2O2/c1-14(2)10-16(9-12(8-15)18-14)13(17)11-6-4-3-5-7-11/h3-7,12H,8-10,15H2,1-2H3. The van der Waals surface area contributed by atoms with E-state index in [2.05, 4.69) is 0 Å². The van der Waals surface area contributed by atoms with Crippen molar-refractivity contribution in [2.24, 2.45) is 5.73 Å². The number of amides is 1. The highest BCUT2D eigenvalue weighted by Crippen LogP contribution is 2.22. The molecule has 18 heavy (non-hydrogen) atoms. The Morgan fingerprint density at radius 3 is 2.72 bits per heavy atom. The van der Waals surface area contributed by atoms with E-state index in [9.17, 15) is 4.79 Å². The van der Waals surface area contributed by atoms with E-state index in [1.807, 2.05) is 49.1 Å². The lowest BCUT2D eigenvalue weighted by Gasteiger charge is -2.42. The maximum atomic E-state index is 12.4. The Hall–Kier alpha value is -1.39. The highest BCUT2D eigenvalue weighted by molar-refractivity contribution is 5.94. The Kier molecular flexibility index (Phi) is 3.68. The number of benzene rings is 1. The molecule has 0 aromatic heterocycles. The van der Waals surface area contributed by atoms with Gasteiger partial charge in [-0.3, -0.25) is 4.79 Å². The molecule has 1 fully saturated rings. The normalized spacial score (nSPS) is 22.8. The lowest BCUT2D eigenvalue weighted by atomic mass is 10.0. The molecule has 1 aromatic carbocycles. The molecule has 2 rings (SSSR count). The van der Waals surface area contributed by atoms with Crippen molar-refractivity contribution in [1.29, 1.82) is 0 Å². The molecule has 0 radical (unpaired) electrons. The summed E-state index contributed by atoms with van der Waals surface area (Å²) in [6.45, 7) is 5.56. The molecule has 1 aliphatic rings. The fourth-order valence-electron chi connectivity index (χ4n) is 2.34. The van der Waals surface area contributed by atoms with Crippen molar-refractivity contribution in [3.05, 3.63) is 35.9 Å². The van der Waals surface area contributed by atoms with Crippen LogP contribution in [0.2, 0.25) is 0 Å². The fourth-order valence-corrected chi connectivity index (χ4v) is 2.34. The third kappa shape index (κ3) is 2.89. The minimum atomic E-state index is -0.341. The number of carbonyl (C=O) groups excluding carboxylic acids is 1. The summed E-state index contributed by atoms with van der Waals surface area (Å²) in [5, 5.41) is 0. The monoisotopic (exact) mass is 248 g/mol. The second-order valence-corrected chi connectivity index (χ2v) is 5.29. The van der Waals surface area contributed by atoms with Crippen LogP contribution in [0.25, 0.3) is 0 Å². The van der Waals surface area contributed by atoms with Crippen LogP contribution in [0.15, 0.2) is 30.3 Å². The topological polar surface area (TPSA) is 55.6 Å². The highest BCUT2D eigenvalue weighted by atomic mass is 16.5. The number of ether oxygens (including phenoxy) is 1. The van der Waals surface area contributed by atoms with E-state index in [1.165, 1.54) is 0 Å². The molecule has 1 heterocycles. The molecular formula is C14H20N2O2. The molecule has 1 atom stereocenters. The summed E-state index contributed by atoms with van der Waals surface area (Å²) in [7, 11) is 0. The second kappa shape index (κ2) is 5.08. The number of hydrogen-bond acceptors (Lipinski definition) is 3. The van der Waals surface area contributed by atoms with Gasteiger partial charge in [0.05, 0.1) is 11.7 Å². The summed E-state index contributed by atoms with van der Waals surface area (Å²) in [4.78, 5) is 14.2. The summed E-state index contributed by atoms with van der Waals surface area (Å²) in [6.07, 6.45) is -0.0820. The first-order valence-corrected chi connectivity index (χ1v) is 6.24. The molecule has 1 unspecified atom stereocenters. The van der Waals surface area contributed by atoms with Crippen LogP contribution < -0.4 is 5.73 Å². The van der Waals surface area contributed by atoms with Crippen molar-refractivity contribution in [1.82, 2.24) is 4.90 Å². The van der Waals surface area contributed by atoms with Crippen LogP contribution in [-0.2, 0) is 4.74 Å². The van der Waals surface area contributed by atoms with Crippen LogP contribution in [0.3, 0.4) is 0 Å². The minimum absolute atomic E-state index is 0.0467. The number of rotatable bonds is 2. The Labute approximate surface area is 108 Å². The van der Waals surface area contributed by atoms with Crippen LogP contribution in [-0.4, -0.2) is 42.1 Å². The van der Waals surface area contributed by atoms with E-state index in [-0.39, 0.29) is 17.6 Å². The van der Waals surface area contributed by atoms with Crippen molar-refractivity contribution in [2.45, 2.75) is 25.6 Å². The first-order valence-electron chi connectivity index (χ1n) is 6.24. The first-order chi connectivity index (χ1) is 8.52. The van der Waals surface area contributed by atoms with E-state index in [0.29, 0.717) is 25.2 Å². The van der Waals surface area contributed by atoms with Gasteiger partial charge in [-0.2, -0.15) is 0 Å². The molecule has 1 amide bonds. The van der Waals surface area contributed by atoms with Crippen LogP contribution in [0.5, 0.6) is 0 Å². The summed E-state index contributed by atoms with van der Waals surface area (Å²) in [6, 6.07) is 9.33. The molecule has 2 N–H and O–H groups in total. The quantitative estimate of drug-likeness (QED) is 0.857. The second-order valence-electron chi connectivity index (χ2n) is 5.29. The van der Waals surface area contributed by atoms with Gasteiger partial charge in [0.2, 0.25) is 0 Å². The molecule has 98 valence electrons. The van der Waals surface area contributed by atoms with Gasteiger partial charge in [0.1, 0.15) is 0 Å². The molecule has 0 saturated carbocycles. The van der Waals surface area contributed by atoms with Crippen molar-refractivity contribution < 1.29 is 9.53 Å². The molecule has 4 heteroatoms. The molecule has 1 aliphatic heterocycles. The average Bonchev–Trinajstić information content (AvgIpc) is 2.37. The van der Waals surface area contributed by atoms with Gasteiger partial charge in [-0.25, -0.2) is 0 Å². The molecule has 4 nitrogen and oxygen atoms in total. The number of nitrogens with zero attached hydrogens (tertiary/aromatic N) is 1. The number of hydrogen-bond donors (Lipinski definition) is 1. The van der Waals surface area contributed by atoms with E-state index < -0.39 is 0 Å². The molecule has 0 spiro atoms. The summed E-state index contributed by atoms with van der Waals surface area (Å²) in [5.74, 6) is 0.0467. The molecule has 0 bridgehead atoms. The molecule has 1 saturated heterocycles. The van der Waals surface area contributed by atoms with Crippen molar-refractivity contribution in [3.63, 3.8) is 0 Å². The maximum absolute atomic E-state index is 12.4. The Balaban J connectivity index is 2.15. The van der Waals surface area contributed by atoms with Gasteiger partial charge in [-0.05, 0) is 26.0 Å². The minimum Gasteiger partial charge on any atom is -0.367 e. The van der Waals surface area contributed by atoms with Crippen LogP contribution in [0.1, 0.15) is 24.2 Å². The average molecular weight is 248 g/mol. The van der Waals surface area contributed by atoms with Crippen LogP contribution in [0.4, 0.5) is 0 Å². The van der Waals surface area contributed by atoms with Gasteiger partial charge in [0.25, 0.3) is 5.91 Å². The predicted octanol–water partition coefficient (Wildman–Crippen LogP) is 1.26. The van der Waals surface area contributed by atoms with E-state index in [0.717, 1.165) is 0 Å². The van der Waals surface area contributed by atoms with Crippen LogP contribution >= 0.6 is 0 Å². The number of carbonyl (C=O) groups is 1. The smallest absolute Gasteiger partial charge is 0.254 e. The third-order valence-corrected chi connectivity index (χ3v) is 3.05. The zero-order valence-electron chi connectivity index (χ0n) is 10.9. The lowest BCUT2D eigenvalue weighted by molar-refractivity contribution is -0.122. The number of morpholine rings is 1. The molecule has 1 aromatic rings. The van der Waals surface area contributed by atoms with Gasteiger partial charge < -0.3 is 15.4 Å². The Morgan fingerprint density at radius 1 is 1.44 bits per heavy atom. The summed E-state index contributed by atoms with van der Waals surface area (Å²) < 4.78 is 5.82. The molecular weight excluding hydrogens is 228 g/mol. The third-order valence-electron chi connectivity index (χ3n) is 3.05. The summed E-state index contributed by atoms with van der Waals surface area (Å²) in [5.41, 5.74) is 6.04. The largest absolute Gasteiger partial charge is 0.367 e.